The zero-order valence-electron chi connectivity index (χ0n) is 8.66. The van der Waals surface area contributed by atoms with E-state index in [9.17, 15) is 0 Å². The van der Waals surface area contributed by atoms with Crippen LogP contribution in [0.4, 0.5) is 5.69 Å². The van der Waals surface area contributed by atoms with Crippen LogP contribution in [0.1, 0.15) is 20.8 Å². The molecule has 2 rings (SSSR count). The fraction of sp³-hybridized carbons (Fsp3) is 0.364. The monoisotopic (exact) mass is 190 g/mol. The molecule has 1 heterocycles. The highest BCUT2D eigenvalue weighted by Gasteiger charge is 2.09. The molecule has 74 valence electrons. The van der Waals surface area contributed by atoms with E-state index < -0.39 is 0 Å². The zero-order chi connectivity index (χ0) is 10.2. The van der Waals surface area contributed by atoms with E-state index in [2.05, 4.69) is 31.1 Å². The Hall–Kier alpha value is -1.51. The molecule has 0 aliphatic carbocycles. The molecule has 0 unspecified atom stereocenters. The number of hydrogen-bond acceptors (Lipinski definition) is 3. The number of oxazole rings is 1. The number of benzene rings is 1. The standard InChI is InChI=1S/C11H14N2O/c1-11(2,3)13-8-4-5-9-10(6-8)14-7-12-9/h4-7,13H,1-3H3. The number of fused-ring (bicyclic) bond motifs is 1. The van der Waals surface area contributed by atoms with Crippen molar-refractivity contribution in [1.29, 1.82) is 0 Å². The Morgan fingerprint density at radius 3 is 2.79 bits per heavy atom. The van der Waals surface area contributed by atoms with Crippen LogP contribution in [0.2, 0.25) is 0 Å². The average Bonchev–Trinajstić information content (AvgIpc) is 2.47. The summed E-state index contributed by atoms with van der Waals surface area (Å²) in [6.07, 6.45) is 1.46. The van der Waals surface area contributed by atoms with Gasteiger partial charge in [0, 0.05) is 17.3 Å². The SMILES string of the molecule is CC(C)(C)Nc1ccc2ncoc2c1. The van der Waals surface area contributed by atoms with Gasteiger partial charge in [-0.05, 0) is 32.9 Å². The fourth-order valence-corrected chi connectivity index (χ4v) is 1.37. The molecular formula is C11H14N2O. The minimum Gasteiger partial charge on any atom is -0.443 e. The molecule has 0 radical (unpaired) electrons. The first-order valence-electron chi connectivity index (χ1n) is 4.66. The Bertz CT molecular complexity index is 440. The van der Waals surface area contributed by atoms with Crippen molar-refractivity contribution in [2.75, 3.05) is 5.32 Å². The van der Waals surface area contributed by atoms with Crippen molar-refractivity contribution in [3.63, 3.8) is 0 Å². The Morgan fingerprint density at radius 1 is 1.29 bits per heavy atom. The van der Waals surface area contributed by atoms with Gasteiger partial charge in [-0.25, -0.2) is 4.98 Å². The van der Waals surface area contributed by atoms with Crippen molar-refractivity contribution in [3.05, 3.63) is 24.6 Å². The van der Waals surface area contributed by atoms with Gasteiger partial charge in [0.1, 0.15) is 5.52 Å². The normalized spacial score (nSPS) is 11.9. The first kappa shape index (κ1) is 9.06. The largest absolute Gasteiger partial charge is 0.443 e. The molecule has 0 bridgehead atoms. The summed E-state index contributed by atoms with van der Waals surface area (Å²) < 4.78 is 5.22. The van der Waals surface area contributed by atoms with Gasteiger partial charge in [-0.15, -0.1) is 0 Å². The Balaban J connectivity index is 2.35. The van der Waals surface area contributed by atoms with Crippen LogP contribution in [-0.4, -0.2) is 10.5 Å². The van der Waals surface area contributed by atoms with E-state index in [4.69, 9.17) is 4.42 Å². The summed E-state index contributed by atoms with van der Waals surface area (Å²) in [4.78, 5) is 4.06. The third-order valence-corrected chi connectivity index (χ3v) is 1.85. The summed E-state index contributed by atoms with van der Waals surface area (Å²) in [6.45, 7) is 6.37. The Morgan fingerprint density at radius 2 is 2.07 bits per heavy atom. The molecule has 1 aromatic heterocycles. The van der Waals surface area contributed by atoms with E-state index in [1.165, 1.54) is 6.39 Å². The van der Waals surface area contributed by atoms with Crippen molar-refractivity contribution >= 4 is 16.8 Å². The first-order chi connectivity index (χ1) is 6.54. The third-order valence-electron chi connectivity index (χ3n) is 1.85. The molecule has 0 spiro atoms. The fourth-order valence-electron chi connectivity index (χ4n) is 1.37. The van der Waals surface area contributed by atoms with Crippen LogP contribution < -0.4 is 5.32 Å². The Kier molecular flexibility index (Phi) is 1.95. The van der Waals surface area contributed by atoms with Crippen LogP contribution in [0.3, 0.4) is 0 Å². The molecule has 3 heteroatoms. The van der Waals surface area contributed by atoms with Gasteiger partial charge in [0.05, 0.1) is 0 Å². The van der Waals surface area contributed by atoms with Gasteiger partial charge in [-0.3, -0.25) is 0 Å². The van der Waals surface area contributed by atoms with Crippen LogP contribution in [0, 0.1) is 0 Å². The zero-order valence-corrected chi connectivity index (χ0v) is 8.66. The van der Waals surface area contributed by atoms with Gasteiger partial charge in [0.15, 0.2) is 12.0 Å². The lowest BCUT2D eigenvalue weighted by atomic mass is 10.1. The second-order valence-electron chi connectivity index (χ2n) is 4.41. The van der Waals surface area contributed by atoms with E-state index >= 15 is 0 Å². The van der Waals surface area contributed by atoms with E-state index in [0.717, 1.165) is 16.8 Å². The summed E-state index contributed by atoms with van der Waals surface area (Å²) in [5, 5.41) is 3.38. The van der Waals surface area contributed by atoms with Gasteiger partial charge < -0.3 is 9.73 Å². The topological polar surface area (TPSA) is 38.1 Å². The molecule has 0 fully saturated rings. The average molecular weight is 190 g/mol. The third kappa shape index (κ3) is 1.87. The van der Waals surface area contributed by atoms with Crippen molar-refractivity contribution in [2.24, 2.45) is 0 Å². The number of hydrogen-bond donors (Lipinski definition) is 1. The predicted molar refractivity (Wildman–Crippen MR) is 57.4 cm³/mol. The van der Waals surface area contributed by atoms with Crippen molar-refractivity contribution in [3.8, 4) is 0 Å². The molecule has 0 saturated carbocycles. The van der Waals surface area contributed by atoms with Crippen molar-refractivity contribution < 1.29 is 4.42 Å². The molecule has 0 aliphatic rings. The predicted octanol–water partition coefficient (Wildman–Crippen LogP) is 3.04. The molecule has 1 N–H and O–H groups in total. The minimum atomic E-state index is 0.0632. The van der Waals surface area contributed by atoms with Crippen LogP contribution >= 0.6 is 0 Å². The van der Waals surface area contributed by atoms with Crippen LogP contribution in [0.15, 0.2) is 29.0 Å². The number of anilines is 1. The molecule has 1 aromatic carbocycles. The highest BCUT2D eigenvalue weighted by Crippen LogP contribution is 2.20. The lowest BCUT2D eigenvalue weighted by Crippen LogP contribution is -2.25. The van der Waals surface area contributed by atoms with Gasteiger partial charge in [0.25, 0.3) is 0 Å². The smallest absolute Gasteiger partial charge is 0.181 e. The number of nitrogens with zero attached hydrogens (tertiary/aromatic N) is 1. The highest BCUT2D eigenvalue weighted by molar-refractivity contribution is 5.76. The molecule has 0 aliphatic heterocycles. The van der Waals surface area contributed by atoms with E-state index in [0.29, 0.717) is 0 Å². The summed E-state index contributed by atoms with van der Waals surface area (Å²) in [5.74, 6) is 0. The summed E-state index contributed by atoms with van der Waals surface area (Å²) in [6, 6.07) is 5.93. The van der Waals surface area contributed by atoms with E-state index in [1.807, 2.05) is 18.2 Å². The van der Waals surface area contributed by atoms with Crippen molar-refractivity contribution in [2.45, 2.75) is 26.3 Å². The van der Waals surface area contributed by atoms with E-state index in [1.54, 1.807) is 0 Å². The van der Waals surface area contributed by atoms with Crippen LogP contribution in [0.5, 0.6) is 0 Å². The minimum absolute atomic E-state index is 0.0632. The van der Waals surface area contributed by atoms with E-state index in [-0.39, 0.29) is 5.54 Å². The lowest BCUT2D eigenvalue weighted by molar-refractivity contribution is 0.601. The first-order valence-corrected chi connectivity index (χ1v) is 4.66. The summed E-state index contributed by atoms with van der Waals surface area (Å²) in [7, 11) is 0. The molecule has 2 aromatic rings. The second kappa shape index (κ2) is 3.01. The van der Waals surface area contributed by atoms with Gasteiger partial charge in [-0.2, -0.15) is 0 Å². The molecule has 0 saturated heterocycles. The quantitative estimate of drug-likeness (QED) is 0.751. The van der Waals surface area contributed by atoms with Gasteiger partial charge >= 0.3 is 0 Å². The molecule has 0 amide bonds. The molecule has 0 atom stereocenters. The number of aromatic nitrogens is 1. The van der Waals surface area contributed by atoms with Crippen LogP contribution in [0.25, 0.3) is 11.1 Å². The Labute approximate surface area is 83.1 Å². The summed E-state index contributed by atoms with van der Waals surface area (Å²) in [5.41, 5.74) is 2.83. The summed E-state index contributed by atoms with van der Waals surface area (Å²) >= 11 is 0. The molecular weight excluding hydrogens is 176 g/mol. The maximum absolute atomic E-state index is 5.22. The second-order valence-corrected chi connectivity index (χ2v) is 4.41. The van der Waals surface area contributed by atoms with Gasteiger partial charge in [0.2, 0.25) is 0 Å². The molecule has 14 heavy (non-hydrogen) atoms. The molecule has 3 nitrogen and oxygen atoms in total. The maximum Gasteiger partial charge on any atom is 0.181 e. The lowest BCUT2D eigenvalue weighted by Gasteiger charge is -2.21. The van der Waals surface area contributed by atoms with Crippen LogP contribution in [-0.2, 0) is 0 Å². The highest BCUT2D eigenvalue weighted by atomic mass is 16.3. The van der Waals surface area contributed by atoms with Crippen molar-refractivity contribution in [1.82, 2.24) is 4.98 Å². The maximum atomic E-state index is 5.22. The number of nitrogens with one attached hydrogen (secondary N) is 1. The number of rotatable bonds is 1. The van der Waals surface area contributed by atoms with Gasteiger partial charge in [-0.1, -0.05) is 0 Å².